The summed E-state index contributed by atoms with van der Waals surface area (Å²) in [5.41, 5.74) is 8.02. The molecule has 2 heterocycles. The SMILES string of the molecule is COC1CN(c2ccc3c(c2)OCC(N)C3)CC1NC(=O)O. The molecule has 120 valence electrons. The molecule has 1 amide bonds. The predicted molar refractivity (Wildman–Crippen MR) is 81.6 cm³/mol. The highest BCUT2D eigenvalue weighted by Crippen LogP contribution is 2.31. The molecule has 0 saturated carbocycles. The van der Waals surface area contributed by atoms with E-state index in [2.05, 4.69) is 10.2 Å². The number of nitrogens with two attached hydrogens (primary N) is 1. The summed E-state index contributed by atoms with van der Waals surface area (Å²) >= 11 is 0. The topological polar surface area (TPSA) is 97.0 Å². The first-order valence-electron chi connectivity index (χ1n) is 7.35. The zero-order valence-electron chi connectivity index (χ0n) is 12.5. The van der Waals surface area contributed by atoms with Gasteiger partial charge in [0, 0.05) is 38.0 Å². The molecule has 0 radical (unpaired) electrons. The third-order valence-corrected chi connectivity index (χ3v) is 4.23. The van der Waals surface area contributed by atoms with Crippen LogP contribution < -0.4 is 20.7 Å². The van der Waals surface area contributed by atoms with Crippen molar-refractivity contribution in [2.45, 2.75) is 24.6 Å². The first-order chi connectivity index (χ1) is 10.6. The van der Waals surface area contributed by atoms with E-state index < -0.39 is 6.09 Å². The van der Waals surface area contributed by atoms with Gasteiger partial charge < -0.3 is 30.5 Å². The average molecular weight is 307 g/mol. The molecule has 3 atom stereocenters. The Balaban J connectivity index is 1.76. The average Bonchev–Trinajstić information content (AvgIpc) is 2.89. The molecule has 7 nitrogen and oxygen atoms in total. The van der Waals surface area contributed by atoms with Crippen LogP contribution in [-0.4, -0.2) is 56.2 Å². The Kier molecular flexibility index (Phi) is 4.08. The smallest absolute Gasteiger partial charge is 0.405 e. The molecule has 1 fully saturated rings. The van der Waals surface area contributed by atoms with E-state index in [1.165, 1.54) is 0 Å². The summed E-state index contributed by atoms with van der Waals surface area (Å²) in [6.07, 6.45) is -0.377. The van der Waals surface area contributed by atoms with Crippen molar-refractivity contribution in [2.24, 2.45) is 5.73 Å². The second-order valence-corrected chi connectivity index (χ2v) is 5.80. The van der Waals surface area contributed by atoms with Gasteiger partial charge in [-0.25, -0.2) is 4.79 Å². The van der Waals surface area contributed by atoms with Crippen LogP contribution in [0.1, 0.15) is 5.56 Å². The molecule has 3 unspecified atom stereocenters. The van der Waals surface area contributed by atoms with E-state index in [4.69, 9.17) is 20.3 Å². The van der Waals surface area contributed by atoms with Crippen LogP contribution in [0.5, 0.6) is 5.75 Å². The third kappa shape index (κ3) is 2.95. The van der Waals surface area contributed by atoms with Crippen LogP contribution in [0.3, 0.4) is 0 Å². The van der Waals surface area contributed by atoms with Gasteiger partial charge >= 0.3 is 6.09 Å². The molecule has 0 spiro atoms. The molecule has 3 rings (SSSR count). The monoisotopic (exact) mass is 307 g/mol. The maximum atomic E-state index is 10.9. The van der Waals surface area contributed by atoms with Crippen molar-refractivity contribution in [3.05, 3.63) is 23.8 Å². The Morgan fingerprint density at radius 2 is 2.32 bits per heavy atom. The van der Waals surface area contributed by atoms with Gasteiger partial charge in [-0.3, -0.25) is 0 Å². The summed E-state index contributed by atoms with van der Waals surface area (Å²) in [7, 11) is 1.60. The number of hydrogen-bond donors (Lipinski definition) is 3. The fourth-order valence-electron chi connectivity index (χ4n) is 3.10. The number of ether oxygens (including phenoxy) is 2. The van der Waals surface area contributed by atoms with E-state index >= 15 is 0 Å². The molecule has 0 aliphatic carbocycles. The fraction of sp³-hybridized carbons (Fsp3) is 0.533. The van der Waals surface area contributed by atoms with E-state index in [9.17, 15) is 4.79 Å². The van der Waals surface area contributed by atoms with Gasteiger partial charge in [-0.05, 0) is 18.1 Å². The minimum atomic E-state index is -1.03. The molecule has 2 aliphatic rings. The van der Waals surface area contributed by atoms with Gasteiger partial charge in [0.2, 0.25) is 0 Å². The summed E-state index contributed by atoms with van der Waals surface area (Å²) in [6, 6.07) is 5.86. The largest absolute Gasteiger partial charge is 0.492 e. The number of hydrogen-bond acceptors (Lipinski definition) is 5. The Labute approximate surface area is 129 Å². The van der Waals surface area contributed by atoms with E-state index in [0.29, 0.717) is 19.7 Å². The Morgan fingerprint density at radius 3 is 3.05 bits per heavy atom. The number of nitrogens with zero attached hydrogens (tertiary/aromatic N) is 1. The maximum Gasteiger partial charge on any atom is 0.405 e. The lowest BCUT2D eigenvalue weighted by atomic mass is 10.0. The summed E-state index contributed by atoms with van der Waals surface area (Å²) < 4.78 is 11.1. The number of carbonyl (C=O) groups is 1. The highest BCUT2D eigenvalue weighted by molar-refractivity contribution is 5.65. The van der Waals surface area contributed by atoms with Crippen LogP contribution in [0.15, 0.2) is 18.2 Å². The van der Waals surface area contributed by atoms with Crippen LogP contribution in [0.4, 0.5) is 10.5 Å². The van der Waals surface area contributed by atoms with Gasteiger partial charge in [0.15, 0.2) is 0 Å². The first kappa shape index (κ1) is 14.9. The van der Waals surface area contributed by atoms with Crippen molar-refractivity contribution in [1.82, 2.24) is 5.32 Å². The Hall–Kier alpha value is -1.99. The molecule has 2 aliphatic heterocycles. The second-order valence-electron chi connectivity index (χ2n) is 5.80. The highest BCUT2D eigenvalue weighted by Gasteiger charge is 2.34. The van der Waals surface area contributed by atoms with Gasteiger partial charge in [-0.2, -0.15) is 0 Å². The molecular weight excluding hydrogens is 286 g/mol. The lowest BCUT2D eigenvalue weighted by Gasteiger charge is -2.25. The van der Waals surface area contributed by atoms with Crippen molar-refractivity contribution < 1.29 is 19.4 Å². The normalized spacial score (nSPS) is 27.2. The number of benzene rings is 1. The van der Waals surface area contributed by atoms with Crippen LogP contribution in [0, 0.1) is 0 Å². The molecular formula is C15H21N3O4. The first-order valence-corrected chi connectivity index (χ1v) is 7.35. The molecule has 7 heteroatoms. The molecule has 22 heavy (non-hydrogen) atoms. The second kappa shape index (κ2) is 6.02. The van der Waals surface area contributed by atoms with Gasteiger partial charge in [-0.15, -0.1) is 0 Å². The van der Waals surface area contributed by atoms with E-state index in [-0.39, 0.29) is 18.2 Å². The maximum absolute atomic E-state index is 10.9. The number of rotatable bonds is 3. The fourth-order valence-corrected chi connectivity index (χ4v) is 3.10. The van der Waals surface area contributed by atoms with Gasteiger partial charge in [0.1, 0.15) is 12.4 Å². The van der Waals surface area contributed by atoms with Crippen LogP contribution in [-0.2, 0) is 11.2 Å². The summed E-state index contributed by atoms with van der Waals surface area (Å²) in [5.74, 6) is 0.864. The number of anilines is 1. The number of amides is 1. The number of nitrogens with one attached hydrogen (secondary N) is 1. The van der Waals surface area contributed by atoms with Crippen LogP contribution in [0.2, 0.25) is 0 Å². The third-order valence-electron chi connectivity index (χ3n) is 4.23. The minimum absolute atomic E-state index is 0.0483. The lowest BCUT2D eigenvalue weighted by Crippen LogP contribution is -2.42. The molecule has 1 saturated heterocycles. The van der Waals surface area contributed by atoms with Gasteiger partial charge in [-0.1, -0.05) is 6.07 Å². The summed E-state index contributed by atoms with van der Waals surface area (Å²) in [5, 5.41) is 11.4. The quantitative estimate of drug-likeness (QED) is 0.749. The zero-order chi connectivity index (χ0) is 15.7. The van der Waals surface area contributed by atoms with E-state index in [1.807, 2.05) is 18.2 Å². The summed E-state index contributed by atoms with van der Waals surface area (Å²) in [4.78, 5) is 13.0. The zero-order valence-corrected chi connectivity index (χ0v) is 12.5. The highest BCUT2D eigenvalue weighted by atomic mass is 16.5. The molecule has 0 bridgehead atoms. The van der Waals surface area contributed by atoms with Gasteiger partial charge in [0.05, 0.1) is 12.1 Å². The Morgan fingerprint density at radius 1 is 1.50 bits per heavy atom. The summed E-state index contributed by atoms with van der Waals surface area (Å²) in [6.45, 7) is 1.74. The van der Waals surface area contributed by atoms with Crippen LogP contribution >= 0.6 is 0 Å². The predicted octanol–water partition coefficient (Wildman–Crippen LogP) is 0.420. The number of methoxy groups -OCH3 is 1. The van der Waals surface area contributed by atoms with Crippen molar-refractivity contribution in [3.63, 3.8) is 0 Å². The van der Waals surface area contributed by atoms with Gasteiger partial charge in [0.25, 0.3) is 0 Å². The standard InChI is InChI=1S/C15H21N3O4/c1-21-14-7-18(6-12(14)17-15(19)20)11-3-2-9-4-10(16)8-22-13(9)5-11/h2-3,5,10,12,14,17H,4,6-8,16H2,1H3,(H,19,20). The molecule has 4 N–H and O–H groups in total. The van der Waals surface area contributed by atoms with Crippen molar-refractivity contribution in [2.75, 3.05) is 31.7 Å². The molecule has 0 aromatic heterocycles. The number of carboxylic acid groups (broad SMARTS) is 1. The van der Waals surface area contributed by atoms with E-state index in [0.717, 1.165) is 23.4 Å². The minimum Gasteiger partial charge on any atom is -0.492 e. The Bertz CT molecular complexity index is 566. The van der Waals surface area contributed by atoms with Crippen LogP contribution in [0.25, 0.3) is 0 Å². The van der Waals surface area contributed by atoms with Crippen molar-refractivity contribution in [1.29, 1.82) is 0 Å². The molecule has 1 aromatic carbocycles. The lowest BCUT2D eigenvalue weighted by molar-refractivity contribution is 0.0949. The van der Waals surface area contributed by atoms with Crippen molar-refractivity contribution >= 4 is 11.8 Å². The van der Waals surface area contributed by atoms with Crippen molar-refractivity contribution in [3.8, 4) is 5.75 Å². The molecule has 1 aromatic rings. The number of fused-ring (bicyclic) bond motifs is 1. The van der Waals surface area contributed by atoms with E-state index in [1.54, 1.807) is 7.11 Å².